The predicted octanol–water partition coefficient (Wildman–Crippen LogP) is 1.72. The first-order chi connectivity index (χ1) is 13.5. The molecule has 1 fully saturated rings. The number of piperidine rings is 1. The van der Waals surface area contributed by atoms with Crippen molar-refractivity contribution >= 4 is 23.6 Å². The Morgan fingerprint density at radius 2 is 1.93 bits per heavy atom. The smallest absolute Gasteiger partial charge is 0.255 e. The van der Waals surface area contributed by atoms with E-state index in [0.29, 0.717) is 50.9 Å². The topological polar surface area (TPSA) is 82.1 Å². The zero-order valence-corrected chi connectivity index (χ0v) is 16.4. The summed E-state index contributed by atoms with van der Waals surface area (Å²) in [6.07, 6.45) is 2.32. The van der Waals surface area contributed by atoms with Crippen molar-refractivity contribution < 1.29 is 14.4 Å². The number of fused-ring (bicyclic) bond motifs is 1. The Bertz CT molecular complexity index is 855. The second kappa shape index (κ2) is 7.04. The molecule has 7 nitrogen and oxygen atoms in total. The zero-order chi connectivity index (χ0) is 19.9. The van der Waals surface area contributed by atoms with Gasteiger partial charge in [0.1, 0.15) is 17.4 Å². The minimum absolute atomic E-state index is 0.0309. The summed E-state index contributed by atoms with van der Waals surface area (Å²) in [4.78, 5) is 46.5. The lowest BCUT2D eigenvalue weighted by atomic mass is 9.87. The maximum absolute atomic E-state index is 13.2. The van der Waals surface area contributed by atoms with Gasteiger partial charge in [0.2, 0.25) is 5.91 Å². The van der Waals surface area contributed by atoms with Crippen molar-refractivity contribution in [1.29, 1.82) is 0 Å². The van der Waals surface area contributed by atoms with Gasteiger partial charge in [0, 0.05) is 31.6 Å². The first kappa shape index (κ1) is 18.7. The Labute approximate surface area is 164 Å². The van der Waals surface area contributed by atoms with Crippen LogP contribution in [0.15, 0.2) is 29.3 Å². The van der Waals surface area contributed by atoms with Gasteiger partial charge < -0.3 is 15.1 Å². The highest BCUT2D eigenvalue weighted by atomic mass is 16.2. The first-order valence-electron chi connectivity index (χ1n) is 10.1. The molecule has 1 spiro atoms. The minimum atomic E-state index is -0.719. The van der Waals surface area contributed by atoms with Crippen LogP contribution in [-0.2, 0) is 16.1 Å². The van der Waals surface area contributed by atoms with E-state index in [4.69, 9.17) is 0 Å². The molecule has 3 aliphatic heterocycles. The van der Waals surface area contributed by atoms with Gasteiger partial charge in [-0.1, -0.05) is 32.0 Å². The molecule has 1 aromatic carbocycles. The molecule has 1 atom stereocenters. The molecule has 0 unspecified atom stereocenters. The number of hydrogen-bond donors (Lipinski definition) is 1. The van der Waals surface area contributed by atoms with Crippen LogP contribution in [0.5, 0.6) is 0 Å². The summed E-state index contributed by atoms with van der Waals surface area (Å²) in [5.41, 5.74) is 0.944. The van der Waals surface area contributed by atoms with E-state index in [9.17, 15) is 14.4 Å². The lowest BCUT2D eigenvalue weighted by Crippen LogP contribution is -2.55. The molecule has 1 aromatic rings. The van der Waals surface area contributed by atoms with Crippen LogP contribution in [0.1, 0.15) is 55.5 Å². The third kappa shape index (κ3) is 2.89. The van der Waals surface area contributed by atoms with E-state index in [1.807, 2.05) is 38.1 Å². The Morgan fingerprint density at radius 3 is 2.54 bits per heavy atom. The molecule has 148 valence electrons. The fourth-order valence-corrected chi connectivity index (χ4v) is 4.46. The van der Waals surface area contributed by atoms with Crippen molar-refractivity contribution in [2.75, 3.05) is 13.1 Å². The van der Waals surface area contributed by atoms with Crippen LogP contribution in [0.2, 0.25) is 0 Å². The predicted molar refractivity (Wildman–Crippen MR) is 105 cm³/mol. The highest BCUT2D eigenvalue weighted by Crippen LogP contribution is 2.32. The summed E-state index contributed by atoms with van der Waals surface area (Å²) in [5.74, 6) is 0.582. The molecule has 3 heterocycles. The molecule has 0 radical (unpaired) electrons. The average Bonchev–Trinajstić information content (AvgIpc) is 3.21. The van der Waals surface area contributed by atoms with E-state index in [1.165, 1.54) is 0 Å². The number of rotatable bonds is 4. The quantitative estimate of drug-likeness (QED) is 0.861. The largest absolute Gasteiger partial charge is 0.341 e. The molecule has 28 heavy (non-hydrogen) atoms. The van der Waals surface area contributed by atoms with Gasteiger partial charge in [-0.2, -0.15) is 0 Å². The Kier molecular flexibility index (Phi) is 4.69. The highest BCUT2D eigenvalue weighted by Gasteiger charge is 2.47. The monoisotopic (exact) mass is 382 g/mol. The van der Waals surface area contributed by atoms with Crippen LogP contribution >= 0.6 is 0 Å². The number of nitrogens with one attached hydrogen (secondary N) is 1. The number of benzene rings is 1. The summed E-state index contributed by atoms with van der Waals surface area (Å²) in [6, 6.07) is 7.06. The first-order valence-corrected chi connectivity index (χ1v) is 10.1. The molecule has 3 aliphatic rings. The van der Waals surface area contributed by atoms with Gasteiger partial charge in [-0.3, -0.25) is 19.4 Å². The van der Waals surface area contributed by atoms with Gasteiger partial charge in [0.25, 0.3) is 11.8 Å². The van der Waals surface area contributed by atoms with Crippen molar-refractivity contribution in [3.8, 4) is 0 Å². The maximum Gasteiger partial charge on any atom is 0.255 e. The number of nitrogens with zero attached hydrogens (tertiary/aromatic N) is 3. The van der Waals surface area contributed by atoms with Crippen molar-refractivity contribution in [2.45, 2.75) is 57.7 Å². The summed E-state index contributed by atoms with van der Waals surface area (Å²) in [5, 5.41) is 2.86. The molecule has 0 saturated carbocycles. The van der Waals surface area contributed by atoms with Crippen LogP contribution in [-0.4, -0.2) is 58.0 Å². The van der Waals surface area contributed by atoms with Gasteiger partial charge in [0.05, 0.1) is 0 Å². The lowest BCUT2D eigenvalue weighted by Gasteiger charge is -2.38. The molecule has 3 amide bonds. The van der Waals surface area contributed by atoms with E-state index in [1.54, 1.807) is 9.80 Å². The van der Waals surface area contributed by atoms with E-state index in [0.717, 1.165) is 11.4 Å². The Balaban J connectivity index is 1.46. The molecule has 1 saturated heterocycles. The molecule has 0 aromatic heterocycles. The van der Waals surface area contributed by atoms with Crippen molar-refractivity contribution in [1.82, 2.24) is 15.1 Å². The number of amides is 3. The molecule has 0 bridgehead atoms. The van der Waals surface area contributed by atoms with E-state index in [2.05, 4.69) is 10.3 Å². The van der Waals surface area contributed by atoms with E-state index < -0.39 is 11.6 Å². The number of carbonyl (C=O) groups excluding carboxylic acids is 3. The van der Waals surface area contributed by atoms with Crippen molar-refractivity contribution in [3.05, 3.63) is 35.4 Å². The minimum Gasteiger partial charge on any atom is -0.341 e. The summed E-state index contributed by atoms with van der Waals surface area (Å²) in [6.45, 7) is 5.35. The number of hydrogen-bond acceptors (Lipinski definition) is 4. The second-order valence-corrected chi connectivity index (χ2v) is 7.74. The van der Waals surface area contributed by atoms with Crippen LogP contribution < -0.4 is 5.32 Å². The van der Waals surface area contributed by atoms with Gasteiger partial charge in [0.15, 0.2) is 0 Å². The van der Waals surface area contributed by atoms with E-state index >= 15 is 0 Å². The molecular weight excluding hydrogens is 356 g/mol. The standard InChI is InChI=1S/C21H26N4O3/c1-3-16(25-13-14-7-5-6-8-15(14)18(25)26)19(27)24-11-9-21(10-12-24)20(28)22-17(4-2)23-21/h5-8,16H,3-4,9-13H2,1-2H3,(H,22,23,28)/t16-/m0/s1. The highest BCUT2D eigenvalue weighted by molar-refractivity contribution is 6.08. The van der Waals surface area contributed by atoms with Crippen LogP contribution in [0.3, 0.4) is 0 Å². The molecule has 7 heteroatoms. The summed E-state index contributed by atoms with van der Waals surface area (Å²) < 4.78 is 0. The zero-order valence-electron chi connectivity index (χ0n) is 16.4. The number of carbonyl (C=O) groups is 3. The third-order valence-corrected chi connectivity index (χ3v) is 6.16. The van der Waals surface area contributed by atoms with Crippen molar-refractivity contribution in [2.24, 2.45) is 4.99 Å². The lowest BCUT2D eigenvalue weighted by molar-refractivity contribution is -0.139. The van der Waals surface area contributed by atoms with Crippen molar-refractivity contribution in [3.63, 3.8) is 0 Å². The summed E-state index contributed by atoms with van der Waals surface area (Å²) >= 11 is 0. The normalized spacial score (nSPS) is 21.6. The average molecular weight is 382 g/mol. The Morgan fingerprint density at radius 1 is 1.21 bits per heavy atom. The van der Waals surface area contributed by atoms with Gasteiger partial charge >= 0.3 is 0 Å². The summed E-state index contributed by atoms with van der Waals surface area (Å²) in [7, 11) is 0. The molecule has 1 N–H and O–H groups in total. The number of amidine groups is 1. The Hall–Kier alpha value is -2.70. The van der Waals surface area contributed by atoms with Gasteiger partial charge in [-0.05, 0) is 30.9 Å². The van der Waals surface area contributed by atoms with Gasteiger partial charge in [-0.25, -0.2) is 0 Å². The third-order valence-electron chi connectivity index (χ3n) is 6.16. The number of likely N-dealkylation sites (tertiary alicyclic amines) is 1. The van der Waals surface area contributed by atoms with Gasteiger partial charge in [-0.15, -0.1) is 0 Å². The number of aliphatic imine (C=N–C) groups is 1. The van der Waals surface area contributed by atoms with E-state index in [-0.39, 0.29) is 17.7 Å². The fourth-order valence-electron chi connectivity index (χ4n) is 4.46. The van der Waals surface area contributed by atoms with Crippen LogP contribution in [0.4, 0.5) is 0 Å². The molecule has 4 rings (SSSR count). The maximum atomic E-state index is 13.2. The molecule has 0 aliphatic carbocycles. The van der Waals surface area contributed by atoms with Crippen LogP contribution in [0, 0.1) is 0 Å². The second-order valence-electron chi connectivity index (χ2n) is 7.74. The SMILES string of the molecule is CCC1=NC2(CCN(C(=O)[C@H](CC)N3Cc4ccccc4C3=O)CC2)C(=O)N1. The molecular formula is C21H26N4O3. The fraction of sp³-hybridized carbons (Fsp3) is 0.524. The van der Waals surface area contributed by atoms with Crippen LogP contribution in [0.25, 0.3) is 0 Å².